The van der Waals surface area contributed by atoms with Crippen LogP contribution in [0.4, 0.5) is 0 Å². The van der Waals surface area contributed by atoms with Gasteiger partial charge >= 0.3 is 0 Å². The average Bonchev–Trinajstić information content (AvgIpc) is 2.44. The maximum atomic E-state index is 5.56. The van der Waals surface area contributed by atoms with Crippen LogP contribution < -0.4 is 5.32 Å². The average molecular weight is 356 g/mol. The third kappa shape index (κ3) is 5.72. The third-order valence-corrected chi connectivity index (χ3v) is 5.34. The van der Waals surface area contributed by atoms with E-state index < -0.39 is 0 Å². The Morgan fingerprint density at radius 2 is 1.81 bits per heavy atom. The lowest BCUT2D eigenvalue weighted by Crippen LogP contribution is -2.28. The Bertz CT molecular complexity index is 434. The fraction of sp³-hybridized carbons (Fsp3) is 0.667. The molecule has 0 aliphatic rings. The van der Waals surface area contributed by atoms with E-state index >= 15 is 0 Å². The molecule has 0 heterocycles. The summed E-state index contributed by atoms with van der Waals surface area (Å²) in [4.78, 5) is 0. The third-order valence-electron chi connectivity index (χ3n) is 4.09. The summed E-state index contributed by atoms with van der Waals surface area (Å²) in [5.74, 6) is 0. The maximum Gasteiger partial charge on any atom is 0.0623 e. The second-order valence-electron chi connectivity index (χ2n) is 6.48. The first-order valence-corrected chi connectivity index (χ1v) is 8.65. The summed E-state index contributed by atoms with van der Waals surface area (Å²) in [7, 11) is 1.79. The minimum Gasteiger partial charge on any atom is -0.379 e. The van der Waals surface area contributed by atoms with E-state index in [1.165, 1.54) is 21.2 Å². The van der Waals surface area contributed by atoms with Crippen LogP contribution in [0.15, 0.2) is 16.6 Å². The van der Waals surface area contributed by atoms with Crippen molar-refractivity contribution in [3.8, 4) is 0 Å². The highest BCUT2D eigenvalue weighted by molar-refractivity contribution is 9.10. The van der Waals surface area contributed by atoms with E-state index in [1.807, 2.05) is 0 Å². The van der Waals surface area contributed by atoms with Crippen molar-refractivity contribution in [3.05, 3.63) is 33.3 Å². The van der Waals surface area contributed by atoms with Gasteiger partial charge in [0, 0.05) is 17.6 Å². The summed E-state index contributed by atoms with van der Waals surface area (Å²) in [6, 6.07) is 4.99. The van der Waals surface area contributed by atoms with E-state index in [2.05, 4.69) is 68.0 Å². The van der Waals surface area contributed by atoms with Crippen LogP contribution in [0.3, 0.4) is 0 Å². The van der Waals surface area contributed by atoms with Gasteiger partial charge in [-0.25, -0.2) is 0 Å². The number of rotatable bonds is 8. The molecule has 1 atom stereocenters. The number of nitrogens with one attached hydrogen (secondary N) is 1. The van der Waals surface area contributed by atoms with Gasteiger partial charge in [-0.1, -0.05) is 35.0 Å². The fourth-order valence-corrected chi connectivity index (χ4v) is 2.71. The molecule has 3 heteroatoms. The second kappa shape index (κ2) is 8.30. The normalized spacial score (nSPS) is 13.5. The molecule has 1 aromatic rings. The molecule has 120 valence electrons. The smallest absolute Gasteiger partial charge is 0.0623 e. The summed E-state index contributed by atoms with van der Waals surface area (Å²) < 4.78 is 6.78. The van der Waals surface area contributed by atoms with Crippen molar-refractivity contribution < 1.29 is 4.74 Å². The lowest BCUT2D eigenvalue weighted by Gasteiger charge is -2.27. The highest BCUT2D eigenvalue weighted by atomic mass is 79.9. The molecule has 1 aromatic carbocycles. The van der Waals surface area contributed by atoms with Crippen molar-refractivity contribution in [2.75, 3.05) is 13.7 Å². The highest BCUT2D eigenvalue weighted by Gasteiger charge is 2.20. The van der Waals surface area contributed by atoms with Crippen molar-refractivity contribution in [1.82, 2.24) is 5.32 Å². The van der Waals surface area contributed by atoms with E-state index in [-0.39, 0.29) is 5.60 Å². The first-order valence-electron chi connectivity index (χ1n) is 7.86. The van der Waals surface area contributed by atoms with Crippen molar-refractivity contribution in [1.29, 1.82) is 0 Å². The molecular formula is C18H30BrNO. The number of ether oxygens (including phenoxy) is 1. The predicted molar refractivity (Wildman–Crippen MR) is 95.0 cm³/mol. The van der Waals surface area contributed by atoms with E-state index in [0.29, 0.717) is 6.04 Å². The van der Waals surface area contributed by atoms with Crippen molar-refractivity contribution >= 4 is 15.9 Å². The molecule has 0 saturated carbocycles. The van der Waals surface area contributed by atoms with Gasteiger partial charge in [0.2, 0.25) is 0 Å². The van der Waals surface area contributed by atoms with Gasteiger partial charge in [-0.2, -0.15) is 0 Å². The largest absolute Gasteiger partial charge is 0.379 e. The zero-order chi connectivity index (χ0) is 16.0. The molecule has 0 aliphatic carbocycles. The first-order chi connectivity index (χ1) is 9.80. The highest BCUT2D eigenvalue weighted by Crippen LogP contribution is 2.29. The number of halogens is 1. The standard InChI is InChI=1S/C18H30BrNO/c1-7-10-20-16(8-9-18(4,5)21-6)15-11-13(2)17(19)14(3)12-15/h11-12,16,20H,7-10H2,1-6H3. The molecule has 0 radical (unpaired) electrons. The zero-order valence-corrected chi connectivity index (χ0v) is 15.9. The topological polar surface area (TPSA) is 21.3 Å². The van der Waals surface area contributed by atoms with Crippen molar-refractivity contribution in [2.45, 2.75) is 65.5 Å². The Morgan fingerprint density at radius 3 is 2.29 bits per heavy atom. The second-order valence-corrected chi connectivity index (χ2v) is 7.27. The van der Waals surface area contributed by atoms with Gasteiger partial charge < -0.3 is 10.1 Å². The summed E-state index contributed by atoms with van der Waals surface area (Å²) >= 11 is 3.66. The number of methoxy groups -OCH3 is 1. The number of hydrogen-bond acceptors (Lipinski definition) is 2. The molecule has 0 amide bonds. The van der Waals surface area contributed by atoms with Gasteiger partial charge in [0.15, 0.2) is 0 Å². The van der Waals surface area contributed by atoms with Crippen molar-refractivity contribution in [2.24, 2.45) is 0 Å². The maximum absolute atomic E-state index is 5.56. The van der Waals surface area contributed by atoms with Gasteiger partial charge in [-0.05, 0) is 70.2 Å². The van der Waals surface area contributed by atoms with Gasteiger partial charge in [-0.15, -0.1) is 0 Å². The van der Waals surface area contributed by atoms with E-state index in [0.717, 1.165) is 25.8 Å². The van der Waals surface area contributed by atoms with E-state index in [4.69, 9.17) is 4.74 Å². The van der Waals surface area contributed by atoms with Crippen LogP contribution in [0.5, 0.6) is 0 Å². The van der Waals surface area contributed by atoms with Crippen LogP contribution in [0, 0.1) is 13.8 Å². The SMILES string of the molecule is CCCNC(CCC(C)(C)OC)c1cc(C)c(Br)c(C)c1. The number of hydrogen-bond donors (Lipinski definition) is 1. The number of aryl methyl sites for hydroxylation is 2. The van der Waals surface area contributed by atoms with Crippen LogP contribution in [0.25, 0.3) is 0 Å². The molecule has 1 rings (SSSR count). The molecule has 0 aliphatic heterocycles. The lowest BCUT2D eigenvalue weighted by atomic mass is 9.93. The van der Waals surface area contributed by atoms with E-state index in [1.54, 1.807) is 7.11 Å². The molecule has 0 saturated heterocycles. The summed E-state index contributed by atoms with van der Waals surface area (Å²) in [6.45, 7) is 11.9. The molecule has 0 aromatic heterocycles. The van der Waals surface area contributed by atoms with Crippen LogP contribution in [0.1, 0.15) is 62.8 Å². The van der Waals surface area contributed by atoms with E-state index in [9.17, 15) is 0 Å². The molecule has 2 nitrogen and oxygen atoms in total. The van der Waals surface area contributed by atoms with Gasteiger partial charge in [0.25, 0.3) is 0 Å². The van der Waals surface area contributed by atoms with Gasteiger partial charge in [0.1, 0.15) is 0 Å². The minimum absolute atomic E-state index is 0.0639. The zero-order valence-electron chi connectivity index (χ0n) is 14.3. The van der Waals surface area contributed by atoms with Crippen LogP contribution in [-0.2, 0) is 4.74 Å². The lowest BCUT2D eigenvalue weighted by molar-refractivity contribution is 0.0117. The van der Waals surface area contributed by atoms with Gasteiger partial charge in [0.05, 0.1) is 5.60 Å². The molecule has 0 fully saturated rings. The molecule has 1 unspecified atom stereocenters. The Hall–Kier alpha value is -0.380. The molecule has 0 spiro atoms. The van der Waals surface area contributed by atoms with Crippen LogP contribution in [0.2, 0.25) is 0 Å². The van der Waals surface area contributed by atoms with Gasteiger partial charge in [-0.3, -0.25) is 0 Å². The molecular weight excluding hydrogens is 326 g/mol. The Labute approximate surface area is 138 Å². The molecule has 1 N–H and O–H groups in total. The Morgan fingerprint density at radius 1 is 1.24 bits per heavy atom. The fourth-order valence-electron chi connectivity index (χ4n) is 2.48. The Kier molecular flexibility index (Phi) is 7.38. The predicted octanol–water partition coefficient (Wildman–Crippen LogP) is 5.31. The summed E-state index contributed by atoms with van der Waals surface area (Å²) in [5, 5.41) is 3.69. The number of benzene rings is 1. The molecule has 21 heavy (non-hydrogen) atoms. The monoisotopic (exact) mass is 355 g/mol. The summed E-state index contributed by atoms with van der Waals surface area (Å²) in [6.07, 6.45) is 3.28. The van der Waals surface area contributed by atoms with Crippen molar-refractivity contribution in [3.63, 3.8) is 0 Å². The Balaban J connectivity index is 2.91. The van der Waals surface area contributed by atoms with Crippen LogP contribution in [-0.4, -0.2) is 19.3 Å². The minimum atomic E-state index is -0.0639. The first kappa shape index (κ1) is 18.7. The molecule has 0 bridgehead atoms. The summed E-state index contributed by atoms with van der Waals surface area (Å²) in [5.41, 5.74) is 3.93. The van der Waals surface area contributed by atoms with Crippen LogP contribution >= 0.6 is 15.9 Å². The quantitative estimate of drug-likeness (QED) is 0.681.